The maximum atomic E-state index is 12.9. The molecule has 0 bridgehead atoms. The first-order valence-electron chi connectivity index (χ1n) is 9.09. The monoisotopic (exact) mass is 515 g/mol. The number of carbonyl (C=O) groups excluding carboxylic acids is 1. The Morgan fingerprint density at radius 2 is 1.88 bits per heavy atom. The van der Waals surface area contributed by atoms with E-state index in [9.17, 15) is 31.2 Å². The van der Waals surface area contributed by atoms with E-state index < -0.39 is 36.9 Å². The van der Waals surface area contributed by atoms with Crippen LogP contribution in [0.1, 0.15) is 5.56 Å². The van der Waals surface area contributed by atoms with Crippen LogP contribution in [-0.4, -0.2) is 36.3 Å². The Hall–Kier alpha value is -2.77. The molecule has 0 aliphatic rings. The van der Waals surface area contributed by atoms with E-state index in [2.05, 4.69) is 15.3 Å². The minimum Gasteiger partial charge on any atom is -0.325 e. The van der Waals surface area contributed by atoms with Crippen LogP contribution in [0.4, 0.5) is 18.9 Å². The van der Waals surface area contributed by atoms with Gasteiger partial charge in [0.05, 0.1) is 22.4 Å². The molecular formula is C20H16F3N3O4S3. The normalized spacial score (nSPS) is 11.9. The molecule has 0 saturated carbocycles. The zero-order chi connectivity index (χ0) is 24.2. The third-order valence-corrected chi connectivity index (χ3v) is 7.56. The van der Waals surface area contributed by atoms with Crippen molar-refractivity contribution in [3.63, 3.8) is 0 Å². The molecule has 2 aromatic carbocycles. The number of nitrogens with one attached hydrogen (secondary N) is 2. The zero-order valence-electron chi connectivity index (χ0n) is 16.8. The van der Waals surface area contributed by atoms with Crippen LogP contribution in [0.25, 0.3) is 0 Å². The van der Waals surface area contributed by atoms with E-state index in [1.54, 1.807) is 18.2 Å². The molecule has 0 aliphatic carbocycles. The second kappa shape index (κ2) is 10.0. The van der Waals surface area contributed by atoms with E-state index in [1.165, 1.54) is 11.8 Å². The number of rotatable bonds is 7. The van der Waals surface area contributed by atoms with Crippen molar-refractivity contribution in [2.45, 2.75) is 26.0 Å². The van der Waals surface area contributed by atoms with E-state index >= 15 is 0 Å². The van der Waals surface area contributed by atoms with Gasteiger partial charge in [0.15, 0.2) is 10.1 Å². The summed E-state index contributed by atoms with van der Waals surface area (Å²) in [5.74, 6) is -0.492. The number of carbonyl (C=O) groups is 1. The average Bonchev–Trinajstić information content (AvgIpc) is 2.77. The van der Waals surface area contributed by atoms with Gasteiger partial charge in [-0.05, 0) is 42.7 Å². The Morgan fingerprint density at radius 3 is 2.55 bits per heavy atom. The number of amides is 1. The van der Waals surface area contributed by atoms with Crippen molar-refractivity contribution in [1.82, 2.24) is 9.97 Å². The van der Waals surface area contributed by atoms with Gasteiger partial charge in [-0.1, -0.05) is 23.9 Å². The minimum atomic E-state index is -4.74. The highest BCUT2D eigenvalue weighted by molar-refractivity contribution is 7.99. The molecule has 1 aromatic heterocycles. The van der Waals surface area contributed by atoms with E-state index in [4.69, 9.17) is 0 Å². The lowest BCUT2D eigenvalue weighted by Gasteiger charge is -2.09. The van der Waals surface area contributed by atoms with Gasteiger partial charge in [0, 0.05) is 10.6 Å². The lowest BCUT2D eigenvalue weighted by Crippen LogP contribution is -2.20. The van der Waals surface area contributed by atoms with Crippen molar-refractivity contribution < 1.29 is 26.4 Å². The molecular weight excluding hydrogens is 499 g/mol. The summed E-state index contributed by atoms with van der Waals surface area (Å²) in [6, 6.07) is 10.3. The Balaban J connectivity index is 1.73. The fraction of sp³-hybridized carbons (Fsp3) is 0.150. The van der Waals surface area contributed by atoms with Crippen molar-refractivity contribution in [3.05, 3.63) is 70.6 Å². The summed E-state index contributed by atoms with van der Waals surface area (Å²) in [5, 5.41) is 2.68. The molecule has 1 heterocycles. The Labute approximate surface area is 195 Å². The molecule has 3 rings (SSSR count). The van der Waals surface area contributed by atoms with Gasteiger partial charge in [0.25, 0.3) is 5.56 Å². The molecule has 0 unspecified atom stereocenters. The largest absolute Gasteiger partial charge is 0.416 e. The number of alkyl halides is 3. The molecule has 0 radical (unpaired) electrons. The maximum Gasteiger partial charge on any atom is 0.416 e. The molecule has 13 heteroatoms. The molecule has 0 aliphatic heterocycles. The highest BCUT2D eigenvalue weighted by Gasteiger charge is 2.32. The molecule has 2 N–H and O–H groups in total. The molecule has 174 valence electrons. The van der Waals surface area contributed by atoms with Gasteiger partial charge in [-0.2, -0.15) is 13.2 Å². The SMILES string of the molecule is CSc1cccc(NC(=O)CSc2ncc(S(=O)(=O)c3cccc(C(F)(F)F)c3)c(=O)[nH]2)c1. The second-order valence-corrected chi connectivity index (χ2v) is 10.2. The third kappa shape index (κ3) is 6.18. The highest BCUT2D eigenvalue weighted by atomic mass is 32.2. The van der Waals surface area contributed by atoms with Crippen molar-refractivity contribution in [3.8, 4) is 0 Å². The summed E-state index contributed by atoms with van der Waals surface area (Å²) in [7, 11) is -4.54. The molecule has 0 saturated heterocycles. The van der Waals surface area contributed by atoms with Gasteiger partial charge < -0.3 is 10.3 Å². The Kier molecular flexibility index (Phi) is 7.55. The second-order valence-electron chi connectivity index (χ2n) is 6.48. The zero-order valence-corrected chi connectivity index (χ0v) is 19.3. The Morgan fingerprint density at radius 1 is 1.15 bits per heavy atom. The molecule has 7 nitrogen and oxygen atoms in total. The summed E-state index contributed by atoms with van der Waals surface area (Å²) in [6.07, 6.45) is -2.08. The predicted octanol–water partition coefficient (Wildman–Crippen LogP) is 4.07. The van der Waals surface area contributed by atoms with Gasteiger partial charge >= 0.3 is 6.18 Å². The Bertz CT molecular complexity index is 1340. The maximum absolute atomic E-state index is 12.9. The fourth-order valence-corrected chi connectivity index (χ4v) is 5.00. The van der Waals surface area contributed by atoms with Crippen LogP contribution in [0.5, 0.6) is 0 Å². The molecule has 0 atom stereocenters. The van der Waals surface area contributed by atoms with E-state index in [0.29, 0.717) is 11.8 Å². The minimum absolute atomic E-state index is 0.0176. The van der Waals surface area contributed by atoms with E-state index in [-0.39, 0.29) is 16.8 Å². The predicted molar refractivity (Wildman–Crippen MR) is 119 cm³/mol. The quantitative estimate of drug-likeness (QED) is 0.361. The van der Waals surface area contributed by atoms with E-state index in [0.717, 1.165) is 41.1 Å². The van der Waals surface area contributed by atoms with Gasteiger partial charge in [0.1, 0.15) is 0 Å². The van der Waals surface area contributed by atoms with Crippen LogP contribution >= 0.6 is 23.5 Å². The van der Waals surface area contributed by atoms with Gasteiger partial charge in [0.2, 0.25) is 15.7 Å². The first-order chi connectivity index (χ1) is 15.5. The van der Waals surface area contributed by atoms with Crippen molar-refractivity contribution in [2.24, 2.45) is 0 Å². The number of hydrogen-bond acceptors (Lipinski definition) is 7. The van der Waals surface area contributed by atoms with E-state index in [1.807, 2.05) is 12.3 Å². The smallest absolute Gasteiger partial charge is 0.325 e. The number of hydrogen-bond donors (Lipinski definition) is 2. The van der Waals surface area contributed by atoms with Gasteiger partial charge in [-0.15, -0.1) is 11.8 Å². The molecule has 33 heavy (non-hydrogen) atoms. The number of sulfone groups is 1. The number of aromatic nitrogens is 2. The van der Waals surface area contributed by atoms with Crippen LogP contribution < -0.4 is 10.9 Å². The highest BCUT2D eigenvalue weighted by Crippen LogP contribution is 2.31. The number of halogens is 3. The van der Waals surface area contributed by atoms with Crippen molar-refractivity contribution in [1.29, 1.82) is 0 Å². The lowest BCUT2D eigenvalue weighted by molar-refractivity contribution is -0.137. The van der Waals surface area contributed by atoms with Crippen molar-refractivity contribution in [2.75, 3.05) is 17.3 Å². The van der Waals surface area contributed by atoms with Crippen LogP contribution in [-0.2, 0) is 20.8 Å². The number of H-pyrrole nitrogens is 1. The van der Waals surface area contributed by atoms with Crippen molar-refractivity contribution >= 4 is 45.0 Å². The van der Waals surface area contributed by atoms with Crippen LogP contribution in [0.15, 0.2) is 79.4 Å². The molecule has 3 aromatic rings. The number of nitrogens with zero attached hydrogens (tertiary/aromatic N) is 1. The number of aromatic amines is 1. The average molecular weight is 516 g/mol. The summed E-state index contributed by atoms with van der Waals surface area (Å²) in [6.45, 7) is 0. The molecule has 0 fully saturated rings. The summed E-state index contributed by atoms with van der Waals surface area (Å²) >= 11 is 2.38. The summed E-state index contributed by atoms with van der Waals surface area (Å²) in [4.78, 5) is 30.0. The standard InChI is InChI=1S/C20H16F3N3O4S3/c1-31-14-6-3-5-13(9-14)25-17(27)11-32-19-24-10-16(18(28)26-19)33(29,30)15-7-2-4-12(8-15)20(21,22)23/h2-10H,11H2,1H3,(H,25,27)(H,24,26,28). The first kappa shape index (κ1) is 24.9. The molecule has 0 spiro atoms. The van der Waals surface area contributed by atoms with Crippen LogP contribution in [0, 0.1) is 0 Å². The summed E-state index contributed by atoms with van der Waals surface area (Å²) < 4.78 is 64.0. The van der Waals surface area contributed by atoms with Crippen LogP contribution in [0.2, 0.25) is 0 Å². The van der Waals surface area contributed by atoms with Gasteiger partial charge in [-0.3, -0.25) is 9.59 Å². The fourth-order valence-electron chi connectivity index (χ4n) is 2.63. The third-order valence-electron chi connectivity index (χ3n) is 4.20. The summed E-state index contributed by atoms with van der Waals surface area (Å²) in [5.41, 5.74) is -1.62. The van der Waals surface area contributed by atoms with Gasteiger partial charge in [-0.25, -0.2) is 13.4 Å². The first-order valence-corrected chi connectivity index (χ1v) is 12.8. The molecule has 1 amide bonds. The topological polar surface area (TPSA) is 109 Å². The number of benzene rings is 2. The number of thioether (sulfide) groups is 2. The lowest BCUT2D eigenvalue weighted by atomic mass is 10.2. The number of anilines is 1. The van der Waals surface area contributed by atoms with Crippen LogP contribution in [0.3, 0.4) is 0 Å².